The molecule has 4 heteroatoms. The number of hydrogen-bond donors (Lipinski definition) is 1. The molecule has 0 aliphatic carbocycles. The van der Waals surface area contributed by atoms with Crippen molar-refractivity contribution in [3.63, 3.8) is 0 Å². The molecule has 0 aromatic rings. The van der Waals surface area contributed by atoms with Crippen LogP contribution in [0.2, 0.25) is 0 Å². The summed E-state index contributed by atoms with van der Waals surface area (Å²) in [6, 6.07) is 0. The first-order chi connectivity index (χ1) is 4.47. The number of rotatable bonds is 0. The van der Waals surface area contributed by atoms with Crippen LogP contribution in [-0.4, -0.2) is 18.6 Å². The molecule has 2 rings (SSSR count). The standard InChI is InChI=1S/C6H7N3.ClH/c1-2-7-3-6-5(1)8-4-9-6;/h3-4,7H,1-2H2;1H. The summed E-state index contributed by atoms with van der Waals surface area (Å²) in [5.74, 6) is 0. The number of fused-ring (bicyclic) bond motifs is 1. The minimum Gasteiger partial charge on any atom is -0.389 e. The molecule has 0 bridgehead atoms. The molecule has 10 heavy (non-hydrogen) atoms. The fourth-order valence-electron chi connectivity index (χ4n) is 0.974. The zero-order chi connectivity index (χ0) is 6.10. The lowest BCUT2D eigenvalue weighted by Crippen LogP contribution is -2.19. The van der Waals surface area contributed by atoms with Gasteiger partial charge in [-0.25, -0.2) is 9.98 Å². The summed E-state index contributed by atoms with van der Waals surface area (Å²) in [5, 5.41) is 3.10. The molecule has 1 N–H and O–H groups in total. The third-order valence-corrected chi connectivity index (χ3v) is 1.45. The van der Waals surface area contributed by atoms with Crippen LogP contribution in [-0.2, 0) is 0 Å². The van der Waals surface area contributed by atoms with Crippen molar-refractivity contribution in [2.45, 2.75) is 6.42 Å². The monoisotopic (exact) mass is 157 g/mol. The first-order valence-corrected chi connectivity index (χ1v) is 3.00. The van der Waals surface area contributed by atoms with Crippen molar-refractivity contribution < 1.29 is 0 Å². The van der Waals surface area contributed by atoms with E-state index < -0.39 is 0 Å². The summed E-state index contributed by atoms with van der Waals surface area (Å²) in [4.78, 5) is 8.10. The molecule has 0 radical (unpaired) electrons. The van der Waals surface area contributed by atoms with Crippen LogP contribution < -0.4 is 5.32 Å². The normalized spacial score (nSPS) is 20.0. The summed E-state index contributed by atoms with van der Waals surface area (Å²) < 4.78 is 0. The molecule has 0 saturated heterocycles. The van der Waals surface area contributed by atoms with Crippen LogP contribution >= 0.6 is 12.4 Å². The highest BCUT2D eigenvalue weighted by atomic mass is 35.5. The van der Waals surface area contributed by atoms with Crippen molar-refractivity contribution in [2.24, 2.45) is 9.98 Å². The second kappa shape index (κ2) is 2.84. The van der Waals surface area contributed by atoms with Gasteiger partial charge in [-0.2, -0.15) is 0 Å². The van der Waals surface area contributed by atoms with Crippen molar-refractivity contribution >= 4 is 24.5 Å². The quantitative estimate of drug-likeness (QED) is 0.553. The number of halogens is 1. The molecule has 0 saturated carbocycles. The average molecular weight is 158 g/mol. The molecule has 2 aliphatic heterocycles. The molecule has 0 aromatic carbocycles. The second-order valence-corrected chi connectivity index (χ2v) is 2.05. The van der Waals surface area contributed by atoms with Gasteiger partial charge in [-0.05, 0) is 0 Å². The fraction of sp³-hybridized carbons (Fsp3) is 0.333. The molecule has 3 nitrogen and oxygen atoms in total. The Bertz CT molecular complexity index is 217. The van der Waals surface area contributed by atoms with Gasteiger partial charge in [0.25, 0.3) is 0 Å². The number of nitrogens with one attached hydrogen (secondary N) is 1. The van der Waals surface area contributed by atoms with E-state index in [2.05, 4.69) is 15.3 Å². The highest BCUT2D eigenvalue weighted by Crippen LogP contribution is 2.10. The van der Waals surface area contributed by atoms with Crippen molar-refractivity contribution in [2.75, 3.05) is 6.54 Å². The molecule has 0 atom stereocenters. The van der Waals surface area contributed by atoms with Gasteiger partial charge < -0.3 is 5.32 Å². The molecule has 2 heterocycles. The summed E-state index contributed by atoms with van der Waals surface area (Å²) in [6.45, 7) is 0.992. The zero-order valence-electron chi connectivity index (χ0n) is 5.37. The molecule has 0 aromatic heterocycles. The Kier molecular flexibility index (Phi) is 2.06. The molecule has 0 spiro atoms. The molecular weight excluding hydrogens is 150 g/mol. The van der Waals surface area contributed by atoms with Crippen molar-refractivity contribution in [3.8, 4) is 0 Å². The zero-order valence-corrected chi connectivity index (χ0v) is 6.19. The number of nitrogens with zero attached hydrogens (tertiary/aromatic N) is 2. The topological polar surface area (TPSA) is 36.8 Å². The molecule has 54 valence electrons. The van der Waals surface area contributed by atoms with Crippen LogP contribution in [0, 0.1) is 0 Å². The Balaban J connectivity index is 0.000000500. The van der Waals surface area contributed by atoms with Gasteiger partial charge in [-0.1, -0.05) is 0 Å². The summed E-state index contributed by atoms with van der Waals surface area (Å²) in [5.41, 5.74) is 2.12. The predicted octanol–water partition coefficient (Wildman–Crippen LogP) is 0.726. The summed E-state index contributed by atoms with van der Waals surface area (Å²) in [7, 11) is 0. The van der Waals surface area contributed by atoms with Gasteiger partial charge >= 0.3 is 0 Å². The van der Waals surface area contributed by atoms with E-state index in [4.69, 9.17) is 0 Å². The predicted molar refractivity (Wildman–Crippen MR) is 43.9 cm³/mol. The van der Waals surface area contributed by atoms with E-state index in [9.17, 15) is 0 Å². The summed E-state index contributed by atoms with van der Waals surface area (Å²) >= 11 is 0. The number of aliphatic imine (C=N–C) groups is 2. The van der Waals surface area contributed by atoms with Crippen molar-refractivity contribution in [3.05, 3.63) is 11.9 Å². The number of hydrogen-bond acceptors (Lipinski definition) is 3. The van der Waals surface area contributed by atoms with E-state index in [1.807, 2.05) is 6.20 Å². The third kappa shape index (κ3) is 1.04. The van der Waals surface area contributed by atoms with E-state index in [1.54, 1.807) is 6.34 Å². The lowest BCUT2D eigenvalue weighted by Gasteiger charge is -2.08. The Hall–Kier alpha value is -0.830. The van der Waals surface area contributed by atoms with Gasteiger partial charge in [0.05, 0.1) is 5.71 Å². The van der Waals surface area contributed by atoms with Gasteiger partial charge in [0.2, 0.25) is 0 Å². The summed E-state index contributed by atoms with van der Waals surface area (Å²) in [6.07, 6.45) is 4.52. The molecule has 2 aliphatic rings. The van der Waals surface area contributed by atoms with Crippen molar-refractivity contribution in [1.82, 2.24) is 5.32 Å². The maximum absolute atomic E-state index is 4.07. The minimum absolute atomic E-state index is 0. The van der Waals surface area contributed by atoms with E-state index in [-0.39, 0.29) is 12.4 Å². The minimum atomic E-state index is 0. The first-order valence-electron chi connectivity index (χ1n) is 3.00. The lowest BCUT2D eigenvalue weighted by atomic mass is 10.2. The van der Waals surface area contributed by atoms with Crippen molar-refractivity contribution in [1.29, 1.82) is 0 Å². The van der Waals surface area contributed by atoms with E-state index >= 15 is 0 Å². The fourth-order valence-corrected chi connectivity index (χ4v) is 0.974. The maximum atomic E-state index is 4.07. The van der Waals surface area contributed by atoms with Gasteiger partial charge in [-0.3, -0.25) is 0 Å². The molecule has 0 fully saturated rings. The number of allylic oxidation sites excluding steroid dienone is 1. The van der Waals surface area contributed by atoms with Crippen LogP contribution in [0.5, 0.6) is 0 Å². The Labute approximate surface area is 65.4 Å². The molecule has 0 amide bonds. The lowest BCUT2D eigenvalue weighted by molar-refractivity contribution is 0.845. The van der Waals surface area contributed by atoms with Crippen LogP contribution in [0.4, 0.5) is 0 Å². The highest BCUT2D eigenvalue weighted by molar-refractivity contribution is 6.08. The Morgan fingerprint density at radius 3 is 3.20 bits per heavy atom. The van der Waals surface area contributed by atoms with E-state index in [0.717, 1.165) is 24.4 Å². The highest BCUT2D eigenvalue weighted by Gasteiger charge is 2.12. The van der Waals surface area contributed by atoms with Gasteiger partial charge in [-0.15, -0.1) is 12.4 Å². The smallest absolute Gasteiger partial charge is 0.116 e. The average Bonchev–Trinajstić information content (AvgIpc) is 2.33. The Morgan fingerprint density at radius 1 is 1.50 bits per heavy atom. The van der Waals surface area contributed by atoms with Gasteiger partial charge in [0.1, 0.15) is 12.0 Å². The third-order valence-electron chi connectivity index (χ3n) is 1.45. The first kappa shape index (κ1) is 7.28. The maximum Gasteiger partial charge on any atom is 0.116 e. The van der Waals surface area contributed by atoms with Crippen LogP contribution in [0.1, 0.15) is 6.42 Å². The van der Waals surface area contributed by atoms with Crippen LogP contribution in [0.3, 0.4) is 0 Å². The Morgan fingerprint density at radius 2 is 2.40 bits per heavy atom. The SMILES string of the molecule is C1=NC2=CNCCC2=N1.Cl. The second-order valence-electron chi connectivity index (χ2n) is 2.05. The van der Waals surface area contributed by atoms with Crippen LogP contribution in [0.25, 0.3) is 0 Å². The van der Waals surface area contributed by atoms with Gasteiger partial charge in [0.15, 0.2) is 0 Å². The van der Waals surface area contributed by atoms with E-state index in [1.165, 1.54) is 0 Å². The molecule has 0 unspecified atom stereocenters. The van der Waals surface area contributed by atoms with E-state index in [0.29, 0.717) is 0 Å². The van der Waals surface area contributed by atoms with Gasteiger partial charge in [0, 0.05) is 19.2 Å². The molecular formula is C6H8ClN3. The van der Waals surface area contributed by atoms with Crippen LogP contribution in [0.15, 0.2) is 21.9 Å². The largest absolute Gasteiger partial charge is 0.389 e.